The number of hydrogen-bond donors (Lipinski definition) is 2. The molecule has 0 radical (unpaired) electrons. The van der Waals surface area contributed by atoms with E-state index in [0.29, 0.717) is 19.4 Å². The van der Waals surface area contributed by atoms with Crippen molar-refractivity contribution in [1.29, 1.82) is 0 Å². The molecule has 1 aliphatic heterocycles. The molecule has 3 N–H and O–H groups in total. The van der Waals surface area contributed by atoms with E-state index in [1.165, 1.54) is 0 Å². The molecular weight excluding hydrogens is 482 g/mol. The van der Waals surface area contributed by atoms with E-state index in [4.69, 9.17) is 5.73 Å². The maximum atomic E-state index is 12.9. The summed E-state index contributed by atoms with van der Waals surface area (Å²) in [7, 11) is 1.83. The molecule has 4 aromatic carbocycles. The normalized spacial score (nSPS) is 15.1. The summed E-state index contributed by atoms with van der Waals surface area (Å²) in [5.74, 6) is -0.173. The number of fused-ring (bicyclic) bond motifs is 1. The standard InChI is InChI=1S/C30H27N3O3S/c1-33(28(34)16-20-7-10-25-17-26(31)12-11-24(25)13-20)18-21-3-2-4-23(14-21)22-8-5-19(6-9-22)15-27-29(35)32-30(36)37-27/h2-14,17,27H,15-16,18,31H2,1H3,(H,32,35,36). The third-order valence-electron chi connectivity index (χ3n) is 6.53. The zero-order valence-electron chi connectivity index (χ0n) is 20.4. The van der Waals surface area contributed by atoms with Crippen molar-refractivity contribution >= 4 is 45.3 Å². The number of rotatable bonds is 7. The summed E-state index contributed by atoms with van der Waals surface area (Å²) in [6, 6.07) is 28.0. The molecule has 3 amide bonds. The second-order valence-electron chi connectivity index (χ2n) is 9.35. The number of likely N-dealkylation sites (N-methyl/N-ethyl adjacent to an activating group) is 1. The molecule has 1 atom stereocenters. The molecule has 186 valence electrons. The van der Waals surface area contributed by atoms with Gasteiger partial charge >= 0.3 is 0 Å². The van der Waals surface area contributed by atoms with E-state index in [-0.39, 0.29) is 22.3 Å². The molecule has 0 bridgehead atoms. The topological polar surface area (TPSA) is 92.5 Å². The van der Waals surface area contributed by atoms with E-state index in [2.05, 4.69) is 11.4 Å². The molecule has 0 spiro atoms. The van der Waals surface area contributed by atoms with E-state index in [1.54, 1.807) is 4.90 Å². The molecule has 0 aliphatic carbocycles. The number of nitrogen functional groups attached to an aromatic ring is 1. The van der Waals surface area contributed by atoms with Gasteiger partial charge in [0.1, 0.15) is 0 Å². The average Bonchev–Trinajstić information content (AvgIpc) is 3.20. The Morgan fingerprint density at radius 1 is 0.865 bits per heavy atom. The fourth-order valence-electron chi connectivity index (χ4n) is 4.52. The van der Waals surface area contributed by atoms with Crippen molar-refractivity contribution in [3.05, 3.63) is 102 Å². The molecule has 4 aromatic rings. The predicted molar refractivity (Wildman–Crippen MR) is 149 cm³/mol. The van der Waals surface area contributed by atoms with Crippen molar-refractivity contribution in [1.82, 2.24) is 10.2 Å². The number of hydrogen-bond acceptors (Lipinski definition) is 5. The second kappa shape index (κ2) is 10.5. The van der Waals surface area contributed by atoms with E-state index >= 15 is 0 Å². The molecule has 1 saturated heterocycles. The number of nitrogens with zero attached hydrogens (tertiary/aromatic N) is 1. The number of nitrogens with two attached hydrogens (primary N) is 1. The lowest BCUT2D eigenvalue weighted by molar-refractivity contribution is -0.129. The van der Waals surface area contributed by atoms with E-state index in [1.807, 2.05) is 85.9 Å². The van der Waals surface area contributed by atoms with Gasteiger partial charge in [0.25, 0.3) is 5.24 Å². The smallest absolute Gasteiger partial charge is 0.286 e. The molecule has 37 heavy (non-hydrogen) atoms. The molecule has 6 nitrogen and oxygen atoms in total. The first kappa shape index (κ1) is 24.6. The Balaban J connectivity index is 1.22. The molecule has 5 rings (SSSR count). The van der Waals surface area contributed by atoms with Gasteiger partial charge < -0.3 is 10.6 Å². The van der Waals surface area contributed by atoms with Crippen LogP contribution in [0, 0.1) is 0 Å². The Hall–Kier alpha value is -4.10. The summed E-state index contributed by atoms with van der Waals surface area (Å²) in [5.41, 5.74) is 11.7. The number of anilines is 1. The van der Waals surface area contributed by atoms with Gasteiger partial charge in [-0.1, -0.05) is 78.5 Å². The van der Waals surface area contributed by atoms with Crippen LogP contribution in [0.15, 0.2) is 84.9 Å². The van der Waals surface area contributed by atoms with Crippen molar-refractivity contribution in [2.24, 2.45) is 0 Å². The molecule has 7 heteroatoms. The van der Waals surface area contributed by atoms with Crippen molar-refractivity contribution in [3.63, 3.8) is 0 Å². The monoisotopic (exact) mass is 509 g/mol. The first-order chi connectivity index (χ1) is 17.8. The van der Waals surface area contributed by atoms with Crippen molar-refractivity contribution in [3.8, 4) is 11.1 Å². The number of amides is 3. The fraction of sp³-hybridized carbons (Fsp3) is 0.167. The summed E-state index contributed by atoms with van der Waals surface area (Å²) in [6.45, 7) is 0.511. The summed E-state index contributed by atoms with van der Waals surface area (Å²) >= 11 is 1.04. The van der Waals surface area contributed by atoms with Gasteiger partial charge in [-0.2, -0.15) is 0 Å². The van der Waals surface area contributed by atoms with Gasteiger partial charge in [0.2, 0.25) is 11.8 Å². The summed E-state index contributed by atoms with van der Waals surface area (Å²) < 4.78 is 0. The minimum atomic E-state index is -0.372. The van der Waals surface area contributed by atoms with Crippen LogP contribution < -0.4 is 11.1 Å². The highest BCUT2D eigenvalue weighted by Crippen LogP contribution is 2.26. The lowest BCUT2D eigenvalue weighted by atomic mass is 10.00. The molecular formula is C30H27N3O3S. The third kappa shape index (κ3) is 5.84. The van der Waals surface area contributed by atoms with Gasteiger partial charge in [-0.05, 0) is 63.2 Å². The Morgan fingerprint density at radius 2 is 1.59 bits per heavy atom. The third-order valence-corrected chi connectivity index (χ3v) is 7.51. The van der Waals surface area contributed by atoms with Crippen LogP contribution in [-0.2, 0) is 29.0 Å². The SMILES string of the molecule is CN(Cc1cccc(-c2ccc(CC3SC(=O)NC3=O)cc2)c1)C(=O)Cc1ccc2cc(N)ccc2c1. The second-order valence-corrected chi connectivity index (χ2v) is 10.5. The molecule has 0 aromatic heterocycles. The first-order valence-electron chi connectivity index (χ1n) is 12.1. The largest absolute Gasteiger partial charge is 0.399 e. The fourth-order valence-corrected chi connectivity index (χ4v) is 5.38. The van der Waals surface area contributed by atoms with Crippen LogP contribution in [0.4, 0.5) is 10.5 Å². The van der Waals surface area contributed by atoms with E-state index in [9.17, 15) is 14.4 Å². The lowest BCUT2D eigenvalue weighted by Gasteiger charge is -2.18. The molecule has 1 unspecified atom stereocenters. The molecule has 1 aliphatic rings. The molecule has 0 saturated carbocycles. The summed E-state index contributed by atoms with van der Waals surface area (Å²) in [5, 5.41) is 3.81. The number of benzene rings is 4. The minimum Gasteiger partial charge on any atom is -0.399 e. The van der Waals surface area contributed by atoms with Crippen LogP contribution in [0.3, 0.4) is 0 Å². The van der Waals surface area contributed by atoms with Crippen LogP contribution in [0.2, 0.25) is 0 Å². The van der Waals surface area contributed by atoms with Crippen LogP contribution >= 0.6 is 11.8 Å². The van der Waals surface area contributed by atoms with Gasteiger partial charge in [0.05, 0.1) is 11.7 Å². The Labute approximate surface area is 219 Å². The highest BCUT2D eigenvalue weighted by Gasteiger charge is 2.31. The highest BCUT2D eigenvalue weighted by molar-refractivity contribution is 8.15. The summed E-state index contributed by atoms with van der Waals surface area (Å²) in [4.78, 5) is 37.9. The number of carbonyl (C=O) groups is 3. The van der Waals surface area contributed by atoms with Gasteiger partial charge in [0.15, 0.2) is 0 Å². The number of imide groups is 1. The van der Waals surface area contributed by atoms with Crippen LogP contribution in [0.1, 0.15) is 16.7 Å². The highest BCUT2D eigenvalue weighted by atomic mass is 32.2. The number of carbonyl (C=O) groups excluding carboxylic acids is 3. The van der Waals surface area contributed by atoms with Gasteiger partial charge in [-0.25, -0.2) is 0 Å². The van der Waals surface area contributed by atoms with Crippen LogP contribution in [-0.4, -0.2) is 34.3 Å². The number of thioether (sulfide) groups is 1. The molecule has 1 heterocycles. The quantitative estimate of drug-likeness (QED) is 0.335. The van der Waals surface area contributed by atoms with E-state index < -0.39 is 0 Å². The van der Waals surface area contributed by atoms with E-state index in [0.717, 1.165) is 56.0 Å². The van der Waals surface area contributed by atoms with Crippen molar-refractivity contribution in [2.45, 2.75) is 24.6 Å². The maximum absolute atomic E-state index is 12.9. The van der Waals surface area contributed by atoms with Crippen LogP contribution in [0.5, 0.6) is 0 Å². The zero-order chi connectivity index (χ0) is 25.9. The lowest BCUT2D eigenvalue weighted by Crippen LogP contribution is -2.27. The Kier molecular flexibility index (Phi) is 6.97. The van der Waals surface area contributed by atoms with Crippen molar-refractivity contribution in [2.75, 3.05) is 12.8 Å². The van der Waals surface area contributed by atoms with Crippen molar-refractivity contribution < 1.29 is 14.4 Å². The Bertz CT molecular complexity index is 1500. The zero-order valence-corrected chi connectivity index (χ0v) is 21.3. The van der Waals surface area contributed by atoms with Crippen LogP contribution in [0.25, 0.3) is 21.9 Å². The predicted octanol–water partition coefficient (Wildman–Crippen LogP) is 5.18. The Morgan fingerprint density at radius 3 is 2.35 bits per heavy atom. The van der Waals surface area contributed by atoms with Gasteiger partial charge in [-0.15, -0.1) is 0 Å². The first-order valence-corrected chi connectivity index (χ1v) is 12.9. The number of nitrogens with one attached hydrogen (secondary N) is 1. The van der Waals surface area contributed by atoms with Gasteiger partial charge in [0, 0.05) is 19.3 Å². The molecule has 1 fully saturated rings. The van der Waals surface area contributed by atoms with Gasteiger partial charge in [-0.3, -0.25) is 19.7 Å². The summed E-state index contributed by atoms with van der Waals surface area (Å²) in [6.07, 6.45) is 0.849. The maximum Gasteiger partial charge on any atom is 0.286 e. The minimum absolute atomic E-state index is 0.0526. The average molecular weight is 510 g/mol.